The highest BCUT2D eigenvalue weighted by atomic mass is 19.2. The number of rotatable bonds is 2. The van der Waals surface area contributed by atoms with Crippen molar-refractivity contribution in [1.82, 2.24) is 10.0 Å². The average Bonchev–Trinajstić information content (AvgIpc) is 2.93. The minimum absolute atomic E-state index is 0.0900. The fourth-order valence-corrected chi connectivity index (χ4v) is 3.16. The van der Waals surface area contributed by atoms with Crippen molar-refractivity contribution in [2.24, 2.45) is 5.41 Å². The van der Waals surface area contributed by atoms with Crippen LogP contribution in [0.25, 0.3) is 0 Å². The highest BCUT2D eigenvalue weighted by molar-refractivity contribution is 5.84. The Kier molecular flexibility index (Phi) is 3.05. The normalized spacial score (nSPS) is 30.1. The van der Waals surface area contributed by atoms with Gasteiger partial charge in [0.15, 0.2) is 11.6 Å². The summed E-state index contributed by atoms with van der Waals surface area (Å²) in [5.74, 6) is -1.62. The van der Waals surface area contributed by atoms with Gasteiger partial charge in [-0.15, -0.1) is 0 Å². The van der Waals surface area contributed by atoms with Crippen molar-refractivity contribution >= 4 is 5.91 Å². The summed E-state index contributed by atoms with van der Waals surface area (Å²) in [7, 11) is 0. The molecule has 2 fully saturated rings. The molecule has 1 amide bonds. The summed E-state index contributed by atoms with van der Waals surface area (Å²) in [6.07, 6.45) is 1.54. The first-order chi connectivity index (χ1) is 9.46. The molecule has 2 heterocycles. The van der Waals surface area contributed by atoms with Gasteiger partial charge >= 0.3 is 0 Å². The molecular weight excluding hydrogens is 262 g/mol. The lowest BCUT2D eigenvalue weighted by Crippen LogP contribution is -2.36. The zero-order valence-corrected chi connectivity index (χ0v) is 11.7. The van der Waals surface area contributed by atoms with E-state index in [2.05, 4.69) is 0 Å². The van der Waals surface area contributed by atoms with Crippen LogP contribution in [0.2, 0.25) is 0 Å². The molecule has 2 aliphatic heterocycles. The van der Waals surface area contributed by atoms with Gasteiger partial charge in [0.2, 0.25) is 5.91 Å². The molecule has 0 saturated carbocycles. The summed E-state index contributed by atoms with van der Waals surface area (Å²) >= 11 is 0. The van der Waals surface area contributed by atoms with Crippen LogP contribution >= 0.6 is 0 Å². The molecule has 0 aromatic heterocycles. The van der Waals surface area contributed by atoms with Crippen LogP contribution < -0.4 is 0 Å². The Balaban J connectivity index is 1.93. The van der Waals surface area contributed by atoms with Crippen molar-refractivity contribution in [3.8, 4) is 0 Å². The van der Waals surface area contributed by atoms with E-state index in [-0.39, 0.29) is 17.4 Å². The highest BCUT2D eigenvalue weighted by Crippen LogP contribution is 2.43. The van der Waals surface area contributed by atoms with E-state index in [1.165, 1.54) is 6.07 Å². The number of carbonyl (C=O) groups excluding carboxylic acids is 1. The Morgan fingerprint density at radius 3 is 2.75 bits per heavy atom. The SMILES string of the molecule is CCC1(C)CN2CCC(c3ccc(F)c(F)c3)N2C1=O. The Hall–Kier alpha value is -1.49. The zero-order valence-electron chi connectivity index (χ0n) is 11.7. The van der Waals surface area contributed by atoms with Gasteiger partial charge in [-0.2, -0.15) is 0 Å². The smallest absolute Gasteiger partial charge is 0.244 e. The average molecular weight is 280 g/mol. The predicted octanol–water partition coefficient (Wildman–Crippen LogP) is 2.89. The van der Waals surface area contributed by atoms with E-state index in [0.29, 0.717) is 12.1 Å². The molecule has 2 aliphatic rings. The third kappa shape index (κ3) is 1.84. The Bertz CT molecular complexity index is 563. The highest BCUT2D eigenvalue weighted by Gasteiger charge is 2.51. The number of amides is 1. The van der Waals surface area contributed by atoms with Crippen LogP contribution in [0.15, 0.2) is 18.2 Å². The number of hydrogen-bond donors (Lipinski definition) is 0. The number of fused-ring (bicyclic) bond motifs is 1. The predicted molar refractivity (Wildman–Crippen MR) is 70.5 cm³/mol. The summed E-state index contributed by atoms with van der Waals surface area (Å²) in [6.45, 7) is 5.47. The molecule has 2 saturated heterocycles. The molecule has 3 nitrogen and oxygen atoms in total. The zero-order chi connectivity index (χ0) is 14.5. The third-order valence-electron chi connectivity index (χ3n) is 4.63. The van der Waals surface area contributed by atoms with Gasteiger partial charge in [-0.25, -0.2) is 13.8 Å². The van der Waals surface area contributed by atoms with Crippen molar-refractivity contribution < 1.29 is 13.6 Å². The second-order valence-corrected chi connectivity index (χ2v) is 5.93. The number of hydrogen-bond acceptors (Lipinski definition) is 2. The quantitative estimate of drug-likeness (QED) is 0.831. The van der Waals surface area contributed by atoms with Gasteiger partial charge in [0, 0.05) is 13.1 Å². The van der Waals surface area contributed by atoms with Gasteiger partial charge in [0.25, 0.3) is 0 Å². The molecule has 0 spiro atoms. The number of benzene rings is 1. The number of halogens is 2. The second-order valence-electron chi connectivity index (χ2n) is 5.93. The molecule has 1 aromatic rings. The van der Waals surface area contributed by atoms with Crippen LogP contribution in [-0.4, -0.2) is 29.0 Å². The van der Waals surface area contributed by atoms with Crippen LogP contribution in [0.3, 0.4) is 0 Å². The van der Waals surface area contributed by atoms with Crippen molar-refractivity contribution in [2.45, 2.75) is 32.7 Å². The molecule has 2 atom stereocenters. The summed E-state index contributed by atoms with van der Waals surface area (Å²) in [4.78, 5) is 12.6. The fraction of sp³-hybridized carbons (Fsp3) is 0.533. The second kappa shape index (κ2) is 4.52. The Labute approximate surface area is 117 Å². The lowest BCUT2D eigenvalue weighted by Gasteiger charge is -2.26. The van der Waals surface area contributed by atoms with Gasteiger partial charge in [-0.3, -0.25) is 9.80 Å². The molecule has 2 unspecified atom stereocenters. The molecule has 108 valence electrons. The number of carbonyl (C=O) groups is 1. The van der Waals surface area contributed by atoms with E-state index in [1.54, 1.807) is 11.1 Å². The molecular formula is C15H18F2N2O. The largest absolute Gasteiger partial charge is 0.273 e. The minimum Gasteiger partial charge on any atom is -0.273 e. The van der Waals surface area contributed by atoms with Crippen molar-refractivity contribution in [1.29, 1.82) is 0 Å². The van der Waals surface area contributed by atoms with Gasteiger partial charge in [0.1, 0.15) is 0 Å². The van der Waals surface area contributed by atoms with Crippen LogP contribution in [0.5, 0.6) is 0 Å². The van der Waals surface area contributed by atoms with Crippen LogP contribution in [-0.2, 0) is 4.79 Å². The van der Waals surface area contributed by atoms with Crippen LogP contribution in [0.4, 0.5) is 8.78 Å². The van der Waals surface area contributed by atoms with E-state index < -0.39 is 11.6 Å². The van der Waals surface area contributed by atoms with Crippen molar-refractivity contribution in [3.63, 3.8) is 0 Å². The molecule has 20 heavy (non-hydrogen) atoms. The van der Waals surface area contributed by atoms with Gasteiger partial charge in [0.05, 0.1) is 11.5 Å². The first kappa shape index (κ1) is 13.5. The first-order valence-electron chi connectivity index (χ1n) is 7.00. The summed E-state index contributed by atoms with van der Waals surface area (Å²) in [5, 5.41) is 3.79. The van der Waals surface area contributed by atoms with Crippen LogP contribution in [0.1, 0.15) is 38.3 Å². The molecule has 0 N–H and O–H groups in total. The summed E-state index contributed by atoms with van der Waals surface area (Å²) < 4.78 is 26.4. The van der Waals surface area contributed by atoms with E-state index in [1.807, 2.05) is 18.9 Å². The third-order valence-corrected chi connectivity index (χ3v) is 4.63. The fourth-order valence-electron chi connectivity index (χ4n) is 3.16. The molecule has 0 radical (unpaired) electrons. The summed E-state index contributed by atoms with van der Waals surface area (Å²) in [6, 6.07) is 3.73. The van der Waals surface area contributed by atoms with Crippen molar-refractivity contribution in [2.75, 3.05) is 13.1 Å². The monoisotopic (exact) mass is 280 g/mol. The van der Waals surface area contributed by atoms with Gasteiger partial charge < -0.3 is 0 Å². The minimum atomic E-state index is -0.856. The van der Waals surface area contributed by atoms with Gasteiger partial charge in [-0.1, -0.05) is 13.0 Å². The van der Waals surface area contributed by atoms with Crippen LogP contribution in [0, 0.1) is 17.0 Å². The van der Waals surface area contributed by atoms with E-state index in [4.69, 9.17) is 0 Å². The lowest BCUT2D eigenvalue weighted by molar-refractivity contribution is -0.142. The topological polar surface area (TPSA) is 23.6 Å². The summed E-state index contributed by atoms with van der Waals surface area (Å²) in [5.41, 5.74) is 0.303. The lowest BCUT2D eigenvalue weighted by atomic mass is 9.87. The van der Waals surface area contributed by atoms with E-state index >= 15 is 0 Å². The van der Waals surface area contributed by atoms with E-state index in [0.717, 1.165) is 25.5 Å². The molecule has 3 rings (SSSR count). The van der Waals surface area contributed by atoms with Gasteiger partial charge in [-0.05, 0) is 37.5 Å². The maximum absolute atomic E-state index is 13.4. The number of nitrogens with zero attached hydrogens (tertiary/aromatic N) is 2. The molecule has 1 aromatic carbocycles. The maximum Gasteiger partial charge on any atom is 0.244 e. The van der Waals surface area contributed by atoms with E-state index in [9.17, 15) is 13.6 Å². The Morgan fingerprint density at radius 1 is 1.35 bits per heavy atom. The molecule has 5 heteroatoms. The standard InChI is InChI=1S/C15H18F2N2O/c1-3-15(2)9-18-7-6-13(19(18)14(15)20)10-4-5-11(16)12(17)8-10/h4-5,8,13H,3,6-7,9H2,1-2H3. The molecule has 0 bridgehead atoms. The maximum atomic E-state index is 13.4. The number of hydrazine groups is 1. The molecule has 0 aliphatic carbocycles. The van der Waals surface area contributed by atoms with Crippen molar-refractivity contribution in [3.05, 3.63) is 35.4 Å². The Morgan fingerprint density at radius 2 is 2.10 bits per heavy atom. The first-order valence-corrected chi connectivity index (χ1v) is 7.00.